The highest BCUT2D eigenvalue weighted by Crippen LogP contribution is 2.18. The van der Waals surface area contributed by atoms with Crippen LogP contribution in [-0.2, 0) is 19.1 Å². The molecule has 0 unspecified atom stereocenters. The number of esters is 2. The lowest BCUT2D eigenvalue weighted by Gasteiger charge is -2.06. The van der Waals surface area contributed by atoms with Crippen molar-refractivity contribution in [1.29, 1.82) is 0 Å². The molecule has 0 atom stereocenters. The lowest BCUT2D eigenvalue weighted by molar-refractivity contribution is -0.144. The molecular weight excluding hydrogens is 881 g/mol. The molecule has 0 aromatic rings. The SMILES string of the molecule is CCCCCCCCCCCCCCCCCCOC(=O)CCCCCCCCCCCCCCC.CCCCCCCCCCCCCCCCCCOC(=O)CCCCCCCCCCCCCCC. The Balaban J connectivity index is 0. The van der Waals surface area contributed by atoms with Gasteiger partial charge in [0.1, 0.15) is 0 Å². The largest absolute Gasteiger partial charge is 0.466 e. The predicted molar refractivity (Wildman–Crippen MR) is 322 cm³/mol. The van der Waals surface area contributed by atoms with E-state index in [9.17, 15) is 9.59 Å². The summed E-state index contributed by atoms with van der Waals surface area (Å²) < 4.78 is 10.9. The Labute approximate surface area is 455 Å². The van der Waals surface area contributed by atoms with Crippen molar-refractivity contribution in [3.63, 3.8) is 0 Å². The maximum Gasteiger partial charge on any atom is 0.305 e. The van der Waals surface area contributed by atoms with Gasteiger partial charge in [0.05, 0.1) is 13.2 Å². The van der Waals surface area contributed by atoms with Crippen molar-refractivity contribution < 1.29 is 19.1 Å². The number of hydrogen-bond donors (Lipinski definition) is 0. The zero-order valence-corrected chi connectivity index (χ0v) is 50.5. The van der Waals surface area contributed by atoms with E-state index in [0.29, 0.717) is 26.1 Å². The summed E-state index contributed by atoms with van der Waals surface area (Å²) in [6.45, 7) is 10.4. The molecule has 4 heteroatoms. The molecule has 0 aromatic carbocycles. The monoisotopic (exact) mass is 1020 g/mol. The Morgan fingerprint density at radius 3 is 0.458 bits per heavy atom. The standard InChI is InChI=1S/2C34H68O2/c2*1-3-5-7-9-11-13-15-17-18-19-21-23-25-27-29-31-33-36-34(35)32-30-28-26-24-22-20-16-14-12-10-8-6-4-2/h2*3-33H2,1-2H3. The summed E-state index contributed by atoms with van der Waals surface area (Å²) in [4.78, 5) is 23.8. The van der Waals surface area contributed by atoms with Gasteiger partial charge in [-0.25, -0.2) is 0 Å². The van der Waals surface area contributed by atoms with Crippen LogP contribution in [0.1, 0.15) is 413 Å². The minimum atomic E-state index is 0.0269. The van der Waals surface area contributed by atoms with Crippen LogP contribution in [0.15, 0.2) is 0 Å². The molecule has 0 rings (SSSR count). The van der Waals surface area contributed by atoms with Crippen molar-refractivity contribution in [1.82, 2.24) is 0 Å². The van der Waals surface area contributed by atoms with E-state index in [4.69, 9.17) is 9.47 Å². The van der Waals surface area contributed by atoms with Gasteiger partial charge in [-0.1, -0.05) is 374 Å². The molecule has 0 saturated carbocycles. The Hall–Kier alpha value is -1.06. The topological polar surface area (TPSA) is 52.6 Å². The Bertz CT molecular complexity index is 888. The maximum absolute atomic E-state index is 11.9. The second-order valence-electron chi connectivity index (χ2n) is 23.0. The van der Waals surface area contributed by atoms with Crippen LogP contribution >= 0.6 is 0 Å². The first-order valence-electron chi connectivity index (χ1n) is 33.9. The molecule has 0 aliphatic rings. The number of unbranched alkanes of at least 4 members (excludes halogenated alkanes) is 54. The molecule has 0 fully saturated rings. The van der Waals surface area contributed by atoms with E-state index in [-0.39, 0.29) is 11.9 Å². The highest BCUT2D eigenvalue weighted by atomic mass is 16.5. The van der Waals surface area contributed by atoms with Gasteiger partial charge in [0, 0.05) is 12.8 Å². The zero-order valence-electron chi connectivity index (χ0n) is 50.5. The van der Waals surface area contributed by atoms with Crippen LogP contribution in [0.5, 0.6) is 0 Å². The van der Waals surface area contributed by atoms with E-state index in [0.717, 1.165) is 25.7 Å². The van der Waals surface area contributed by atoms with E-state index in [1.54, 1.807) is 0 Å². The first-order chi connectivity index (χ1) is 35.6. The Kier molecular flexibility index (Phi) is 70.9. The molecule has 72 heavy (non-hydrogen) atoms. The molecular formula is C68H136O4. The van der Waals surface area contributed by atoms with Crippen LogP contribution in [0.3, 0.4) is 0 Å². The average molecular weight is 1020 g/mol. The van der Waals surface area contributed by atoms with E-state index in [1.165, 1.54) is 347 Å². The fourth-order valence-corrected chi connectivity index (χ4v) is 10.4. The molecule has 0 aromatic heterocycles. The smallest absolute Gasteiger partial charge is 0.305 e. The average Bonchev–Trinajstić information content (AvgIpc) is 3.38. The minimum Gasteiger partial charge on any atom is -0.466 e. The molecule has 0 radical (unpaired) electrons. The first-order valence-corrected chi connectivity index (χ1v) is 33.9. The van der Waals surface area contributed by atoms with Crippen LogP contribution in [0.25, 0.3) is 0 Å². The number of carbonyl (C=O) groups is 2. The molecule has 0 spiro atoms. The molecule has 0 amide bonds. The Morgan fingerprint density at radius 2 is 0.306 bits per heavy atom. The molecule has 4 nitrogen and oxygen atoms in total. The van der Waals surface area contributed by atoms with Crippen molar-refractivity contribution in [2.45, 2.75) is 413 Å². The van der Waals surface area contributed by atoms with Crippen molar-refractivity contribution in [3.05, 3.63) is 0 Å². The zero-order chi connectivity index (χ0) is 52.4. The predicted octanol–water partition coefficient (Wildman–Crippen LogP) is 24.5. The summed E-state index contributed by atoms with van der Waals surface area (Å²) in [5.41, 5.74) is 0. The van der Waals surface area contributed by atoms with Gasteiger partial charge in [-0.15, -0.1) is 0 Å². The van der Waals surface area contributed by atoms with E-state index in [1.807, 2.05) is 0 Å². The number of ether oxygens (including phenoxy) is 2. The van der Waals surface area contributed by atoms with Gasteiger partial charge in [0.2, 0.25) is 0 Å². The van der Waals surface area contributed by atoms with E-state index >= 15 is 0 Å². The molecule has 0 aliphatic carbocycles. The lowest BCUT2D eigenvalue weighted by Crippen LogP contribution is -2.05. The third-order valence-corrected chi connectivity index (χ3v) is 15.5. The first kappa shape index (κ1) is 73.0. The normalized spacial score (nSPS) is 11.3. The third-order valence-electron chi connectivity index (χ3n) is 15.5. The van der Waals surface area contributed by atoms with Crippen LogP contribution in [-0.4, -0.2) is 25.2 Å². The number of hydrogen-bond acceptors (Lipinski definition) is 4. The number of carbonyl (C=O) groups excluding carboxylic acids is 2. The van der Waals surface area contributed by atoms with Crippen LogP contribution < -0.4 is 0 Å². The fourth-order valence-electron chi connectivity index (χ4n) is 10.4. The van der Waals surface area contributed by atoms with Gasteiger partial charge < -0.3 is 9.47 Å². The summed E-state index contributed by atoms with van der Waals surface area (Å²) >= 11 is 0. The van der Waals surface area contributed by atoms with Crippen molar-refractivity contribution in [3.8, 4) is 0 Å². The third kappa shape index (κ3) is 71.0. The van der Waals surface area contributed by atoms with Crippen LogP contribution in [0.4, 0.5) is 0 Å². The number of rotatable bonds is 62. The molecule has 0 N–H and O–H groups in total. The van der Waals surface area contributed by atoms with Gasteiger partial charge in [-0.05, 0) is 25.7 Å². The summed E-state index contributed by atoms with van der Waals surface area (Å²) in [6, 6.07) is 0. The molecule has 0 saturated heterocycles. The molecule has 0 bridgehead atoms. The van der Waals surface area contributed by atoms with Gasteiger partial charge in [-0.3, -0.25) is 9.59 Å². The molecule has 0 heterocycles. The quantitative estimate of drug-likeness (QED) is 0.0450. The van der Waals surface area contributed by atoms with Gasteiger partial charge in [0.15, 0.2) is 0 Å². The van der Waals surface area contributed by atoms with Crippen molar-refractivity contribution >= 4 is 11.9 Å². The molecule has 0 aliphatic heterocycles. The fraction of sp³-hybridized carbons (Fsp3) is 0.971. The highest BCUT2D eigenvalue weighted by Gasteiger charge is 2.05. The van der Waals surface area contributed by atoms with Crippen LogP contribution in [0, 0.1) is 0 Å². The minimum absolute atomic E-state index is 0.0269. The van der Waals surface area contributed by atoms with E-state index in [2.05, 4.69) is 27.7 Å². The summed E-state index contributed by atoms with van der Waals surface area (Å²) in [7, 11) is 0. The summed E-state index contributed by atoms with van der Waals surface area (Å²) in [6.07, 6.45) is 80.2. The van der Waals surface area contributed by atoms with Crippen LogP contribution in [0.2, 0.25) is 0 Å². The van der Waals surface area contributed by atoms with Gasteiger partial charge >= 0.3 is 11.9 Å². The van der Waals surface area contributed by atoms with Gasteiger partial charge in [0.25, 0.3) is 0 Å². The molecule has 432 valence electrons. The van der Waals surface area contributed by atoms with E-state index < -0.39 is 0 Å². The second kappa shape index (κ2) is 69.9. The summed E-state index contributed by atoms with van der Waals surface area (Å²) in [5, 5.41) is 0. The highest BCUT2D eigenvalue weighted by molar-refractivity contribution is 5.69. The van der Waals surface area contributed by atoms with Gasteiger partial charge in [-0.2, -0.15) is 0 Å². The van der Waals surface area contributed by atoms with Crippen molar-refractivity contribution in [2.24, 2.45) is 0 Å². The lowest BCUT2D eigenvalue weighted by atomic mass is 10.0. The van der Waals surface area contributed by atoms with Crippen molar-refractivity contribution in [2.75, 3.05) is 13.2 Å². The second-order valence-corrected chi connectivity index (χ2v) is 23.0. The maximum atomic E-state index is 11.9. The summed E-state index contributed by atoms with van der Waals surface area (Å²) in [5.74, 6) is 0.0538. The Morgan fingerprint density at radius 1 is 0.181 bits per heavy atom.